The lowest BCUT2D eigenvalue weighted by atomic mass is 9.93. The average molecular weight is 370 g/mol. The molecule has 0 amide bonds. The van der Waals surface area contributed by atoms with Gasteiger partial charge in [0.05, 0.1) is 3.79 Å². The fourth-order valence-electron chi connectivity index (χ4n) is 2.18. The van der Waals surface area contributed by atoms with Crippen LogP contribution in [0.1, 0.15) is 37.1 Å². The Labute approximate surface area is 138 Å². The van der Waals surface area contributed by atoms with Crippen molar-refractivity contribution in [3.8, 4) is 0 Å². The van der Waals surface area contributed by atoms with E-state index in [0.717, 1.165) is 16.8 Å². The van der Waals surface area contributed by atoms with Crippen LogP contribution < -0.4 is 5.32 Å². The fraction of sp³-hybridized carbons (Fsp3) is 0.412. The lowest BCUT2D eigenvalue weighted by molar-refractivity contribution is 0.405. The Balaban J connectivity index is 2.15. The Morgan fingerprint density at radius 2 is 1.81 bits per heavy atom. The summed E-state index contributed by atoms with van der Waals surface area (Å²) in [5.41, 5.74) is 1.26. The molecule has 4 heteroatoms. The van der Waals surface area contributed by atoms with Gasteiger partial charge >= 0.3 is 0 Å². The summed E-state index contributed by atoms with van der Waals surface area (Å²) in [5.74, 6) is 0.163. The van der Waals surface area contributed by atoms with Crippen LogP contribution in [0.15, 0.2) is 40.2 Å². The Kier molecular flexibility index (Phi) is 5.58. The number of thiophene rings is 1. The van der Waals surface area contributed by atoms with Crippen molar-refractivity contribution in [2.75, 3.05) is 6.54 Å². The first-order chi connectivity index (χ1) is 9.83. The molecule has 21 heavy (non-hydrogen) atoms. The average Bonchev–Trinajstić information content (AvgIpc) is 2.80. The van der Waals surface area contributed by atoms with Crippen molar-refractivity contribution in [2.24, 2.45) is 0 Å². The molecule has 1 unspecified atom stereocenters. The number of halogens is 2. The van der Waals surface area contributed by atoms with Gasteiger partial charge in [-0.25, -0.2) is 4.39 Å². The van der Waals surface area contributed by atoms with Crippen LogP contribution in [0.5, 0.6) is 0 Å². The molecule has 0 radical (unpaired) electrons. The van der Waals surface area contributed by atoms with Crippen molar-refractivity contribution in [2.45, 2.75) is 38.6 Å². The largest absolute Gasteiger partial charge is 0.311 e. The third-order valence-electron chi connectivity index (χ3n) is 3.30. The molecule has 0 aliphatic carbocycles. The molecule has 1 nitrogen and oxygen atoms in total. The summed E-state index contributed by atoms with van der Waals surface area (Å²) < 4.78 is 14.3. The second-order valence-corrected chi connectivity index (χ2v) is 8.84. The zero-order chi connectivity index (χ0) is 15.5. The first kappa shape index (κ1) is 16.7. The monoisotopic (exact) mass is 369 g/mol. The minimum absolute atomic E-state index is 0.0777. The first-order valence-corrected chi connectivity index (χ1v) is 8.69. The quantitative estimate of drug-likeness (QED) is 0.747. The van der Waals surface area contributed by atoms with Gasteiger partial charge in [-0.3, -0.25) is 0 Å². The molecule has 114 valence electrons. The second-order valence-electron chi connectivity index (χ2n) is 6.29. The van der Waals surface area contributed by atoms with Crippen LogP contribution in [-0.2, 0) is 6.42 Å². The molecule has 0 aliphatic heterocycles. The van der Waals surface area contributed by atoms with Gasteiger partial charge in [-0.2, -0.15) is 0 Å². The molecule has 0 fully saturated rings. The lowest BCUT2D eigenvalue weighted by Gasteiger charge is -2.25. The maximum atomic E-state index is 13.1. The predicted molar refractivity (Wildman–Crippen MR) is 92.6 cm³/mol. The minimum Gasteiger partial charge on any atom is -0.311 e. The standard InChI is InChI=1S/C17H21BrFNS/c1-17(2,3)20-11-13(10-15-8-9-16(18)21-15)12-4-6-14(19)7-5-12/h4-9,13,20H,10-11H2,1-3H3. The van der Waals surface area contributed by atoms with Gasteiger partial charge in [0.1, 0.15) is 5.82 Å². The van der Waals surface area contributed by atoms with Crippen molar-refractivity contribution < 1.29 is 4.39 Å². The van der Waals surface area contributed by atoms with Crippen molar-refractivity contribution in [1.29, 1.82) is 0 Å². The highest BCUT2D eigenvalue weighted by Crippen LogP contribution is 2.28. The van der Waals surface area contributed by atoms with Crippen molar-refractivity contribution in [3.63, 3.8) is 0 Å². The molecule has 1 N–H and O–H groups in total. The van der Waals surface area contributed by atoms with Crippen LogP contribution in [0.4, 0.5) is 4.39 Å². The normalized spacial score (nSPS) is 13.4. The highest BCUT2D eigenvalue weighted by atomic mass is 79.9. The molecule has 2 rings (SSSR count). The summed E-state index contributed by atoms with van der Waals surface area (Å²) in [4.78, 5) is 1.34. The van der Waals surface area contributed by atoms with Gasteiger partial charge in [-0.1, -0.05) is 12.1 Å². The van der Waals surface area contributed by atoms with E-state index in [0.29, 0.717) is 5.92 Å². The summed E-state index contributed by atoms with van der Waals surface area (Å²) in [6.07, 6.45) is 0.963. The molecule has 1 heterocycles. The smallest absolute Gasteiger partial charge is 0.123 e. The number of nitrogens with one attached hydrogen (secondary N) is 1. The van der Waals surface area contributed by atoms with E-state index in [9.17, 15) is 4.39 Å². The third kappa shape index (κ3) is 5.53. The number of hydrogen-bond acceptors (Lipinski definition) is 2. The summed E-state index contributed by atoms with van der Waals surface area (Å²) in [7, 11) is 0. The van der Waals surface area contributed by atoms with E-state index < -0.39 is 0 Å². The Morgan fingerprint density at radius 1 is 1.14 bits per heavy atom. The molecular weight excluding hydrogens is 349 g/mol. The van der Waals surface area contributed by atoms with Gasteiger partial charge in [-0.15, -0.1) is 11.3 Å². The van der Waals surface area contributed by atoms with Crippen LogP contribution in [0.25, 0.3) is 0 Å². The SMILES string of the molecule is CC(C)(C)NCC(Cc1ccc(Br)s1)c1ccc(F)cc1. The van der Waals surface area contributed by atoms with E-state index in [2.05, 4.69) is 54.2 Å². The van der Waals surface area contributed by atoms with Crippen LogP contribution in [0.2, 0.25) is 0 Å². The Bertz CT molecular complexity index is 571. The molecule has 1 aromatic heterocycles. The number of rotatable bonds is 5. The molecule has 0 saturated carbocycles. The number of benzene rings is 1. The van der Waals surface area contributed by atoms with Crippen LogP contribution in [0, 0.1) is 5.82 Å². The molecule has 0 aliphatic rings. The van der Waals surface area contributed by atoms with Crippen molar-refractivity contribution in [1.82, 2.24) is 5.32 Å². The molecule has 0 bridgehead atoms. The highest BCUT2D eigenvalue weighted by Gasteiger charge is 2.17. The summed E-state index contributed by atoms with van der Waals surface area (Å²) >= 11 is 5.27. The van der Waals surface area contributed by atoms with Crippen molar-refractivity contribution >= 4 is 27.3 Å². The molecule has 0 saturated heterocycles. The topological polar surface area (TPSA) is 12.0 Å². The molecule has 0 spiro atoms. The van der Waals surface area contributed by atoms with Gasteiger partial charge in [-0.05, 0) is 73.0 Å². The van der Waals surface area contributed by atoms with Gasteiger partial charge in [0, 0.05) is 22.9 Å². The van der Waals surface area contributed by atoms with Gasteiger partial charge in [0.25, 0.3) is 0 Å². The Hall–Kier alpha value is -0.710. The van der Waals surface area contributed by atoms with E-state index in [-0.39, 0.29) is 11.4 Å². The maximum Gasteiger partial charge on any atom is 0.123 e. The third-order valence-corrected chi connectivity index (χ3v) is 4.94. The molecule has 1 atom stereocenters. The van der Waals surface area contributed by atoms with E-state index in [4.69, 9.17) is 0 Å². The van der Waals surface area contributed by atoms with Crippen LogP contribution in [0.3, 0.4) is 0 Å². The van der Waals surface area contributed by atoms with E-state index in [1.165, 1.54) is 10.4 Å². The van der Waals surface area contributed by atoms with Crippen LogP contribution in [-0.4, -0.2) is 12.1 Å². The van der Waals surface area contributed by atoms with E-state index >= 15 is 0 Å². The number of hydrogen-bond donors (Lipinski definition) is 1. The molecular formula is C17H21BrFNS. The zero-order valence-electron chi connectivity index (χ0n) is 12.6. The molecule has 2 aromatic rings. The zero-order valence-corrected chi connectivity index (χ0v) is 15.0. The predicted octanol–water partition coefficient (Wildman–Crippen LogP) is 5.36. The van der Waals surface area contributed by atoms with Crippen molar-refractivity contribution in [3.05, 3.63) is 56.4 Å². The van der Waals surface area contributed by atoms with Crippen LogP contribution >= 0.6 is 27.3 Å². The second kappa shape index (κ2) is 7.03. The van der Waals surface area contributed by atoms with Gasteiger partial charge in [0.2, 0.25) is 0 Å². The fourth-order valence-corrected chi connectivity index (χ4v) is 3.74. The van der Waals surface area contributed by atoms with E-state index in [1.807, 2.05) is 12.1 Å². The summed E-state index contributed by atoms with van der Waals surface area (Å²) in [6.45, 7) is 7.37. The minimum atomic E-state index is -0.180. The van der Waals surface area contributed by atoms with Gasteiger partial charge in [0.15, 0.2) is 0 Å². The summed E-state index contributed by atoms with van der Waals surface area (Å²) in [6, 6.07) is 11.1. The highest BCUT2D eigenvalue weighted by molar-refractivity contribution is 9.11. The van der Waals surface area contributed by atoms with Gasteiger partial charge < -0.3 is 5.32 Å². The maximum absolute atomic E-state index is 13.1. The Morgan fingerprint density at radius 3 is 2.33 bits per heavy atom. The lowest BCUT2D eigenvalue weighted by Crippen LogP contribution is -2.39. The first-order valence-electron chi connectivity index (χ1n) is 7.08. The molecule has 1 aromatic carbocycles. The van der Waals surface area contributed by atoms with E-state index in [1.54, 1.807) is 23.5 Å². The summed E-state index contributed by atoms with van der Waals surface area (Å²) in [5, 5.41) is 3.56.